The molecule has 3 nitrogen and oxygen atoms in total. The number of aliphatic hydroxyl groups is 2. The van der Waals surface area contributed by atoms with Gasteiger partial charge in [0, 0.05) is 6.61 Å². The van der Waals surface area contributed by atoms with E-state index >= 15 is 0 Å². The van der Waals surface area contributed by atoms with Gasteiger partial charge in [0.1, 0.15) is 5.56 Å². The third kappa shape index (κ3) is 10.2. The predicted octanol–water partition coefficient (Wildman–Crippen LogP) is 1.07. The van der Waals surface area contributed by atoms with Crippen molar-refractivity contribution in [1.82, 2.24) is 0 Å². The first-order valence-corrected chi connectivity index (χ1v) is 4.18. The molecule has 1 saturated heterocycles. The zero-order valence-corrected chi connectivity index (χ0v) is 7.42. The van der Waals surface area contributed by atoms with Crippen LogP contribution in [0.2, 0.25) is 0 Å². The molecule has 0 radical (unpaired) electrons. The average Bonchev–Trinajstić information content (AvgIpc) is 1.87. The van der Waals surface area contributed by atoms with Crippen LogP contribution >= 0.6 is 11.6 Å². The van der Waals surface area contributed by atoms with Gasteiger partial charge < -0.3 is 14.9 Å². The molecule has 4 heteroatoms. The number of aliphatic hydroxyl groups excluding tert-OH is 2. The Bertz CT molecular complexity index is 79.0. The van der Waals surface area contributed by atoms with Gasteiger partial charge >= 0.3 is 0 Å². The fourth-order valence-corrected chi connectivity index (χ4v) is 0.724. The van der Waals surface area contributed by atoms with E-state index in [1.54, 1.807) is 0 Å². The van der Waals surface area contributed by atoms with Crippen LogP contribution in [0.25, 0.3) is 0 Å². The van der Waals surface area contributed by atoms with E-state index in [0.717, 1.165) is 25.9 Å². The Labute approximate surface area is 71.9 Å². The van der Waals surface area contributed by atoms with Crippen LogP contribution in [0.5, 0.6) is 0 Å². The van der Waals surface area contributed by atoms with Crippen molar-refractivity contribution in [3.05, 3.63) is 0 Å². The molecule has 0 saturated carbocycles. The highest BCUT2D eigenvalue weighted by atomic mass is 35.5. The lowest BCUT2D eigenvalue weighted by Crippen LogP contribution is -2.17. The SMILES string of the molecule is CC(O)Cl.OC1CCCCO1. The van der Waals surface area contributed by atoms with E-state index in [-0.39, 0.29) is 0 Å². The molecular weight excluding hydrogens is 168 g/mol. The van der Waals surface area contributed by atoms with Crippen LogP contribution in [0.3, 0.4) is 0 Å². The van der Waals surface area contributed by atoms with Gasteiger partial charge in [-0.05, 0) is 26.2 Å². The first-order valence-electron chi connectivity index (χ1n) is 3.74. The third-order valence-corrected chi connectivity index (χ3v) is 1.16. The lowest BCUT2D eigenvalue weighted by Gasteiger charge is -2.16. The van der Waals surface area contributed by atoms with Gasteiger partial charge in [0.2, 0.25) is 0 Å². The van der Waals surface area contributed by atoms with E-state index in [1.807, 2.05) is 0 Å². The molecular formula is C7H15ClO3. The molecule has 2 atom stereocenters. The summed E-state index contributed by atoms with van der Waals surface area (Å²) in [5.41, 5.74) is -0.694. The molecule has 1 rings (SSSR count). The van der Waals surface area contributed by atoms with Crippen LogP contribution in [-0.2, 0) is 4.74 Å². The molecule has 1 aliphatic rings. The molecule has 11 heavy (non-hydrogen) atoms. The van der Waals surface area contributed by atoms with E-state index in [9.17, 15) is 0 Å². The number of halogens is 1. The molecule has 2 unspecified atom stereocenters. The molecule has 68 valence electrons. The van der Waals surface area contributed by atoms with Crippen molar-refractivity contribution >= 4 is 11.6 Å². The van der Waals surface area contributed by atoms with Crippen LogP contribution in [0, 0.1) is 0 Å². The fourth-order valence-electron chi connectivity index (χ4n) is 0.724. The predicted molar refractivity (Wildman–Crippen MR) is 43.3 cm³/mol. The summed E-state index contributed by atoms with van der Waals surface area (Å²) < 4.78 is 4.83. The highest BCUT2D eigenvalue weighted by Crippen LogP contribution is 2.08. The lowest BCUT2D eigenvalue weighted by atomic mass is 10.2. The van der Waals surface area contributed by atoms with E-state index in [1.165, 1.54) is 6.92 Å². The average molecular weight is 183 g/mol. The van der Waals surface area contributed by atoms with Gasteiger partial charge in [-0.25, -0.2) is 0 Å². The Morgan fingerprint density at radius 1 is 1.55 bits per heavy atom. The van der Waals surface area contributed by atoms with E-state index in [4.69, 9.17) is 26.6 Å². The summed E-state index contributed by atoms with van der Waals surface area (Å²) >= 11 is 4.83. The Morgan fingerprint density at radius 2 is 2.09 bits per heavy atom. The van der Waals surface area contributed by atoms with Crippen LogP contribution in [0.1, 0.15) is 26.2 Å². The molecule has 0 aliphatic carbocycles. The fraction of sp³-hybridized carbons (Fsp3) is 1.00. The maximum atomic E-state index is 8.69. The third-order valence-electron chi connectivity index (χ3n) is 1.16. The van der Waals surface area contributed by atoms with E-state index < -0.39 is 11.9 Å². The summed E-state index contributed by atoms with van der Waals surface area (Å²) in [6.45, 7) is 2.22. The second-order valence-corrected chi connectivity index (χ2v) is 3.03. The van der Waals surface area contributed by atoms with E-state index in [2.05, 4.69) is 0 Å². The maximum Gasteiger partial charge on any atom is 0.154 e. The molecule has 0 aromatic carbocycles. The molecule has 1 heterocycles. The van der Waals surface area contributed by atoms with Gasteiger partial charge in [0.15, 0.2) is 6.29 Å². The number of ether oxygens (including phenoxy) is 1. The largest absolute Gasteiger partial charge is 0.378 e. The minimum Gasteiger partial charge on any atom is -0.378 e. The standard InChI is InChI=1S/C5H10O2.C2H5ClO/c6-5-3-1-2-4-7-5;1-2(3)4/h5-6H,1-4H2;2,4H,1H3. The highest BCUT2D eigenvalue weighted by Gasteiger charge is 2.07. The smallest absolute Gasteiger partial charge is 0.154 e. The summed E-state index contributed by atoms with van der Waals surface area (Å²) in [5, 5.41) is 16.5. The normalized spacial score (nSPS) is 26.7. The van der Waals surface area contributed by atoms with Crippen molar-refractivity contribution in [2.45, 2.75) is 38.0 Å². The minimum atomic E-state index is -0.694. The number of hydrogen-bond donors (Lipinski definition) is 2. The van der Waals surface area contributed by atoms with Gasteiger partial charge in [-0.3, -0.25) is 0 Å². The second-order valence-electron chi connectivity index (χ2n) is 2.40. The van der Waals surface area contributed by atoms with Crippen LogP contribution in [-0.4, -0.2) is 28.7 Å². The molecule has 0 bridgehead atoms. The number of hydrogen-bond acceptors (Lipinski definition) is 3. The van der Waals surface area contributed by atoms with Crippen molar-refractivity contribution in [2.75, 3.05) is 6.61 Å². The van der Waals surface area contributed by atoms with Gasteiger partial charge in [-0.2, -0.15) is 0 Å². The summed E-state index contributed by atoms with van der Waals surface area (Å²) in [6.07, 6.45) is 2.58. The van der Waals surface area contributed by atoms with Crippen LogP contribution in [0.15, 0.2) is 0 Å². The highest BCUT2D eigenvalue weighted by molar-refractivity contribution is 6.19. The van der Waals surface area contributed by atoms with Gasteiger partial charge in [0.05, 0.1) is 0 Å². The quantitative estimate of drug-likeness (QED) is 0.551. The molecule has 0 spiro atoms. The Balaban J connectivity index is 0.000000218. The summed E-state index contributed by atoms with van der Waals surface area (Å²) in [7, 11) is 0. The van der Waals surface area contributed by atoms with Crippen LogP contribution in [0.4, 0.5) is 0 Å². The lowest BCUT2D eigenvalue weighted by molar-refractivity contribution is -0.123. The van der Waals surface area contributed by atoms with Gasteiger partial charge in [0.25, 0.3) is 0 Å². The first-order chi connectivity index (χ1) is 5.13. The maximum absolute atomic E-state index is 8.69. The van der Waals surface area contributed by atoms with E-state index in [0.29, 0.717) is 0 Å². The summed E-state index contributed by atoms with van der Waals surface area (Å²) in [6, 6.07) is 0. The Morgan fingerprint density at radius 3 is 2.27 bits per heavy atom. The molecule has 0 amide bonds. The topological polar surface area (TPSA) is 49.7 Å². The minimum absolute atomic E-state index is 0.464. The molecule has 0 aromatic rings. The Kier molecular flexibility index (Phi) is 6.96. The zero-order chi connectivity index (χ0) is 8.69. The Hall–Kier alpha value is 0.170. The van der Waals surface area contributed by atoms with Gasteiger partial charge in [-0.1, -0.05) is 11.6 Å². The van der Waals surface area contributed by atoms with Crippen molar-refractivity contribution in [1.29, 1.82) is 0 Å². The zero-order valence-electron chi connectivity index (χ0n) is 6.66. The van der Waals surface area contributed by atoms with Crippen LogP contribution < -0.4 is 0 Å². The molecule has 0 aromatic heterocycles. The molecule has 1 aliphatic heterocycles. The molecule has 1 fully saturated rings. The van der Waals surface area contributed by atoms with Gasteiger partial charge in [-0.15, -0.1) is 0 Å². The first kappa shape index (κ1) is 11.2. The van der Waals surface area contributed by atoms with Crippen molar-refractivity contribution in [2.24, 2.45) is 0 Å². The second kappa shape index (κ2) is 6.85. The van der Waals surface area contributed by atoms with Crippen molar-refractivity contribution in [3.63, 3.8) is 0 Å². The van der Waals surface area contributed by atoms with Crippen molar-refractivity contribution < 1.29 is 14.9 Å². The monoisotopic (exact) mass is 182 g/mol. The summed E-state index contributed by atoms with van der Waals surface area (Å²) in [5.74, 6) is 0. The summed E-state index contributed by atoms with van der Waals surface area (Å²) in [4.78, 5) is 0. The number of rotatable bonds is 0. The molecule has 2 N–H and O–H groups in total. The van der Waals surface area contributed by atoms with Crippen molar-refractivity contribution in [3.8, 4) is 0 Å². The number of alkyl halides is 1.